The Morgan fingerprint density at radius 1 is 1.00 bits per heavy atom. The van der Waals surface area contributed by atoms with Crippen molar-refractivity contribution in [3.05, 3.63) is 59.7 Å². The molecule has 1 amide bonds. The van der Waals surface area contributed by atoms with E-state index < -0.39 is 5.72 Å². The predicted molar refractivity (Wildman–Crippen MR) is 134 cm³/mol. The van der Waals surface area contributed by atoms with Crippen LogP contribution in [-0.4, -0.2) is 40.1 Å². The van der Waals surface area contributed by atoms with Crippen molar-refractivity contribution in [2.24, 2.45) is 5.92 Å². The molecule has 1 fully saturated rings. The summed E-state index contributed by atoms with van der Waals surface area (Å²) in [6, 6.07) is 17.3. The monoisotopic (exact) mass is 450 g/mol. The smallest absolute Gasteiger partial charge is 0.252 e. The first-order valence-corrected chi connectivity index (χ1v) is 12.1. The number of nitrogens with one attached hydrogen (secondary N) is 1. The quantitative estimate of drug-likeness (QED) is 0.394. The number of hydrogen-bond acceptors (Lipinski definition) is 3. The highest BCUT2D eigenvalue weighted by Crippen LogP contribution is 2.56. The number of aromatic nitrogens is 2. The molecule has 8 rings (SSSR count). The molecule has 2 bridgehead atoms. The fraction of sp³-hybridized carbons (Fsp3) is 0.321. The van der Waals surface area contributed by atoms with Crippen LogP contribution in [0, 0.1) is 5.92 Å². The van der Waals surface area contributed by atoms with Crippen LogP contribution in [0.15, 0.2) is 48.5 Å². The maximum atomic E-state index is 13.3. The summed E-state index contributed by atoms with van der Waals surface area (Å²) in [5.74, 6) is 0.263. The molecule has 4 atom stereocenters. The maximum Gasteiger partial charge on any atom is 0.252 e. The fourth-order valence-electron chi connectivity index (χ4n) is 7.35. The van der Waals surface area contributed by atoms with Crippen LogP contribution in [0.25, 0.3) is 43.6 Å². The summed E-state index contributed by atoms with van der Waals surface area (Å²) in [6.45, 7) is 5.12. The molecule has 0 aliphatic carbocycles. The molecule has 5 heterocycles. The van der Waals surface area contributed by atoms with Gasteiger partial charge in [-0.15, -0.1) is 0 Å². The molecule has 1 N–H and O–H groups in total. The van der Waals surface area contributed by atoms with E-state index in [0.29, 0.717) is 6.54 Å². The zero-order valence-electron chi connectivity index (χ0n) is 19.7. The lowest BCUT2D eigenvalue weighted by molar-refractivity contribution is -0.117. The first-order valence-electron chi connectivity index (χ1n) is 12.1. The van der Waals surface area contributed by atoms with Gasteiger partial charge in [0.05, 0.1) is 33.7 Å². The van der Waals surface area contributed by atoms with Gasteiger partial charge in [-0.3, -0.25) is 4.79 Å². The Morgan fingerprint density at radius 3 is 2.41 bits per heavy atom. The van der Waals surface area contributed by atoms with E-state index in [0.717, 1.165) is 38.4 Å². The average Bonchev–Trinajstić information content (AvgIpc) is 3.51. The molecule has 3 aliphatic heterocycles. The van der Waals surface area contributed by atoms with Gasteiger partial charge in [0.1, 0.15) is 5.72 Å². The van der Waals surface area contributed by atoms with Gasteiger partial charge >= 0.3 is 0 Å². The lowest BCUT2D eigenvalue weighted by Crippen LogP contribution is -2.42. The Balaban J connectivity index is 1.75. The van der Waals surface area contributed by atoms with Gasteiger partial charge in [-0.1, -0.05) is 43.3 Å². The minimum Gasteiger partial charge on any atom is -0.348 e. The van der Waals surface area contributed by atoms with Crippen LogP contribution in [0.5, 0.6) is 0 Å². The van der Waals surface area contributed by atoms with Crippen LogP contribution in [0.3, 0.4) is 0 Å². The summed E-state index contributed by atoms with van der Waals surface area (Å²) in [7, 11) is 4.29. The Hall–Kier alpha value is -3.35. The fourth-order valence-corrected chi connectivity index (χ4v) is 7.35. The molecule has 6 nitrogen and oxygen atoms in total. The van der Waals surface area contributed by atoms with E-state index in [1.54, 1.807) is 0 Å². The van der Waals surface area contributed by atoms with Gasteiger partial charge in [-0.05, 0) is 38.7 Å². The van der Waals surface area contributed by atoms with Crippen LogP contribution in [0.4, 0.5) is 0 Å². The van der Waals surface area contributed by atoms with Crippen LogP contribution in [0.2, 0.25) is 0 Å². The van der Waals surface area contributed by atoms with Gasteiger partial charge < -0.3 is 24.1 Å². The second kappa shape index (κ2) is 5.82. The second-order valence-corrected chi connectivity index (χ2v) is 10.5. The van der Waals surface area contributed by atoms with Crippen molar-refractivity contribution in [1.29, 1.82) is 0 Å². The van der Waals surface area contributed by atoms with Crippen molar-refractivity contribution in [1.82, 2.24) is 19.4 Å². The molecular formula is C28H26N4O2. The van der Waals surface area contributed by atoms with Crippen molar-refractivity contribution in [3.63, 3.8) is 0 Å². The van der Waals surface area contributed by atoms with Gasteiger partial charge in [0.2, 0.25) is 0 Å². The van der Waals surface area contributed by atoms with Crippen LogP contribution in [-0.2, 0) is 17.0 Å². The predicted octanol–water partition coefficient (Wildman–Crippen LogP) is 4.93. The van der Waals surface area contributed by atoms with Crippen LogP contribution >= 0.6 is 0 Å². The number of benzene rings is 3. The standard InChI is InChI=1S/C28H26N4O2/c1-14-23(30(3)4)27-31-18-11-7-5-9-15(18)21-22-17(13-29-26(22)33)20-16-10-6-8-12-19(16)32(25(20)24(21)31)28(14,2)34-27/h5-12,14,23,27H,13H2,1-4H3,(H,29,33). The van der Waals surface area contributed by atoms with Gasteiger partial charge in [0.25, 0.3) is 5.91 Å². The molecule has 0 radical (unpaired) electrons. The first-order chi connectivity index (χ1) is 16.4. The number of hydrogen-bond donors (Lipinski definition) is 1. The number of rotatable bonds is 1. The van der Waals surface area contributed by atoms with Gasteiger partial charge in [0, 0.05) is 34.0 Å². The first kappa shape index (κ1) is 19.0. The van der Waals surface area contributed by atoms with E-state index >= 15 is 0 Å². The van der Waals surface area contributed by atoms with E-state index in [-0.39, 0.29) is 24.1 Å². The molecule has 4 unspecified atom stereocenters. The van der Waals surface area contributed by atoms with Gasteiger partial charge in [-0.25, -0.2) is 0 Å². The molecule has 3 aromatic carbocycles. The zero-order valence-corrected chi connectivity index (χ0v) is 19.7. The van der Waals surface area contributed by atoms with Crippen LogP contribution < -0.4 is 5.32 Å². The maximum absolute atomic E-state index is 13.3. The van der Waals surface area contributed by atoms with E-state index in [1.807, 2.05) is 0 Å². The largest absolute Gasteiger partial charge is 0.348 e. The summed E-state index contributed by atoms with van der Waals surface area (Å²) >= 11 is 0. The number of carbonyl (C=O) groups excluding carboxylic acids is 1. The molecule has 3 aliphatic rings. The molecule has 1 saturated heterocycles. The second-order valence-electron chi connectivity index (χ2n) is 10.5. The summed E-state index contributed by atoms with van der Waals surface area (Å²) in [5.41, 5.74) is 6.02. The third-order valence-corrected chi connectivity index (χ3v) is 8.82. The minimum atomic E-state index is -0.529. The SMILES string of the molecule is CC1C(N(C)C)C2OC1(C)n1c3ccccc3c3c4c(c5c6ccccc6n2c5c31)C(=O)NC4. The minimum absolute atomic E-state index is 0.0238. The highest BCUT2D eigenvalue weighted by molar-refractivity contribution is 6.31. The normalized spacial score (nSPS) is 27.6. The summed E-state index contributed by atoms with van der Waals surface area (Å²) < 4.78 is 12.0. The lowest BCUT2D eigenvalue weighted by atomic mass is 9.91. The third-order valence-electron chi connectivity index (χ3n) is 8.82. The van der Waals surface area contributed by atoms with E-state index in [2.05, 4.69) is 95.8 Å². The Labute approximate surface area is 196 Å². The van der Waals surface area contributed by atoms with E-state index in [4.69, 9.17) is 4.74 Å². The summed E-state index contributed by atoms with van der Waals surface area (Å²) in [4.78, 5) is 15.6. The number of ether oxygens (including phenoxy) is 1. The average molecular weight is 451 g/mol. The number of para-hydroxylation sites is 2. The van der Waals surface area contributed by atoms with E-state index in [1.165, 1.54) is 16.3 Å². The molecule has 5 aromatic rings. The lowest BCUT2D eigenvalue weighted by Gasteiger charge is -2.34. The summed E-state index contributed by atoms with van der Waals surface area (Å²) in [5, 5.41) is 7.69. The topological polar surface area (TPSA) is 51.4 Å². The number of carbonyl (C=O) groups is 1. The molecule has 6 heteroatoms. The number of likely N-dealkylation sites (N-methyl/N-ethyl adjacent to an activating group) is 1. The van der Waals surface area contributed by atoms with Crippen molar-refractivity contribution in [2.75, 3.05) is 14.1 Å². The van der Waals surface area contributed by atoms with E-state index in [9.17, 15) is 4.79 Å². The number of amides is 1. The van der Waals surface area contributed by atoms with Gasteiger partial charge in [-0.2, -0.15) is 0 Å². The Bertz CT molecular complexity index is 1740. The third kappa shape index (κ3) is 1.86. The molecule has 2 aromatic heterocycles. The van der Waals surface area contributed by atoms with Gasteiger partial charge in [0.15, 0.2) is 6.23 Å². The Morgan fingerprint density at radius 2 is 1.68 bits per heavy atom. The summed E-state index contributed by atoms with van der Waals surface area (Å²) in [6.07, 6.45) is -0.165. The molecular weight excluding hydrogens is 424 g/mol. The van der Waals surface area contributed by atoms with Crippen molar-refractivity contribution in [3.8, 4) is 0 Å². The highest BCUT2D eigenvalue weighted by Gasteiger charge is 2.56. The molecule has 170 valence electrons. The number of fused-ring (bicyclic) bond motifs is 13. The molecule has 0 spiro atoms. The van der Waals surface area contributed by atoms with Crippen molar-refractivity contribution >= 4 is 49.5 Å². The number of nitrogens with zero attached hydrogens (tertiary/aromatic N) is 3. The Kier molecular flexibility index (Phi) is 3.26. The zero-order chi connectivity index (χ0) is 23.1. The van der Waals surface area contributed by atoms with Crippen LogP contribution in [0.1, 0.15) is 36.0 Å². The van der Waals surface area contributed by atoms with Crippen molar-refractivity contribution in [2.45, 2.75) is 38.4 Å². The molecule has 0 saturated carbocycles. The molecule has 34 heavy (non-hydrogen) atoms. The van der Waals surface area contributed by atoms with Crippen molar-refractivity contribution < 1.29 is 9.53 Å². The highest BCUT2D eigenvalue weighted by atomic mass is 16.5.